The Morgan fingerprint density at radius 3 is 2.68 bits per heavy atom. The molecule has 0 aliphatic heterocycles. The molecule has 3 rings (SSSR count). The number of fused-ring (bicyclic) bond motifs is 1. The lowest BCUT2D eigenvalue weighted by molar-refractivity contribution is -0.384. The summed E-state index contributed by atoms with van der Waals surface area (Å²) in [6.07, 6.45) is 0. The first kappa shape index (κ1) is 19.2. The molecular formula is C18H15N3O6S. The molecule has 0 saturated carbocycles. The van der Waals surface area contributed by atoms with Crippen LogP contribution >= 0.6 is 11.3 Å². The van der Waals surface area contributed by atoms with E-state index in [0.29, 0.717) is 21.5 Å². The van der Waals surface area contributed by atoms with Crippen LogP contribution in [0.5, 0.6) is 5.75 Å². The third-order valence-corrected chi connectivity index (χ3v) is 4.96. The maximum absolute atomic E-state index is 12.6. The Balaban J connectivity index is 2.16. The van der Waals surface area contributed by atoms with E-state index in [1.165, 1.54) is 30.9 Å². The molecule has 9 nitrogen and oxygen atoms in total. The van der Waals surface area contributed by atoms with Crippen molar-refractivity contribution in [2.24, 2.45) is 4.99 Å². The fourth-order valence-corrected chi connectivity index (χ4v) is 3.52. The normalized spacial score (nSPS) is 11.4. The Kier molecular flexibility index (Phi) is 5.50. The van der Waals surface area contributed by atoms with Crippen LogP contribution in [0.25, 0.3) is 10.2 Å². The Morgan fingerprint density at radius 2 is 2.00 bits per heavy atom. The highest BCUT2D eigenvalue weighted by Gasteiger charge is 2.16. The summed E-state index contributed by atoms with van der Waals surface area (Å²) in [6, 6.07) is 10.8. The lowest BCUT2D eigenvalue weighted by Gasteiger charge is -2.04. The second kappa shape index (κ2) is 8.01. The number of benzene rings is 2. The molecule has 2 aromatic carbocycles. The summed E-state index contributed by atoms with van der Waals surface area (Å²) >= 11 is 1.14. The van der Waals surface area contributed by atoms with Crippen molar-refractivity contribution >= 4 is 39.1 Å². The van der Waals surface area contributed by atoms with E-state index in [1.807, 2.05) is 0 Å². The van der Waals surface area contributed by atoms with Crippen molar-refractivity contribution in [1.29, 1.82) is 0 Å². The molecule has 0 bridgehead atoms. The summed E-state index contributed by atoms with van der Waals surface area (Å²) in [5, 5.41) is 11.1. The van der Waals surface area contributed by atoms with Crippen LogP contribution in [-0.4, -0.2) is 35.6 Å². The Hall–Kier alpha value is -3.53. The molecule has 28 heavy (non-hydrogen) atoms. The van der Waals surface area contributed by atoms with Crippen molar-refractivity contribution in [3.05, 3.63) is 62.9 Å². The summed E-state index contributed by atoms with van der Waals surface area (Å²) in [5.41, 5.74) is 0.601. The number of carbonyl (C=O) groups excluding carboxylic acids is 2. The highest BCUT2D eigenvalue weighted by molar-refractivity contribution is 7.16. The molecule has 0 aliphatic carbocycles. The first-order valence-electron chi connectivity index (χ1n) is 8.00. The average Bonchev–Trinajstić information content (AvgIpc) is 3.03. The van der Waals surface area contributed by atoms with Gasteiger partial charge in [-0.1, -0.05) is 17.4 Å². The molecule has 10 heteroatoms. The minimum absolute atomic E-state index is 0.130. The quantitative estimate of drug-likeness (QED) is 0.369. The van der Waals surface area contributed by atoms with Crippen LogP contribution in [0.2, 0.25) is 0 Å². The first-order valence-corrected chi connectivity index (χ1v) is 8.82. The minimum Gasteiger partial charge on any atom is -0.497 e. The van der Waals surface area contributed by atoms with Gasteiger partial charge in [0.2, 0.25) is 0 Å². The van der Waals surface area contributed by atoms with Crippen LogP contribution in [0, 0.1) is 10.1 Å². The van der Waals surface area contributed by atoms with Crippen LogP contribution in [0.1, 0.15) is 10.4 Å². The molecule has 1 amide bonds. The molecule has 0 N–H and O–H groups in total. The topological polar surface area (TPSA) is 113 Å². The average molecular weight is 401 g/mol. The van der Waals surface area contributed by atoms with Crippen LogP contribution in [0.3, 0.4) is 0 Å². The predicted molar refractivity (Wildman–Crippen MR) is 101 cm³/mol. The highest BCUT2D eigenvalue weighted by Crippen LogP contribution is 2.23. The number of hydrogen-bond donors (Lipinski definition) is 0. The number of hydrogen-bond acceptors (Lipinski definition) is 7. The Bertz CT molecular complexity index is 1150. The summed E-state index contributed by atoms with van der Waals surface area (Å²) in [4.78, 5) is 39.3. The lowest BCUT2D eigenvalue weighted by atomic mass is 10.2. The van der Waals surface area contributed by atoms with E-state index >= 15 is 0 Å². The molecule has 0 atom stereocenters. The minimum atomic E-state index is -0.568. The van der Waals surface area contributed by atoms with Crippen molar-refractivity contribution in [2.75, 3.05) is 14.2 Å². The van der Waals surface area contributed by atoms with Gasteiger partial charge in [0.15, 0.2) is 4.80 Å². The van der Waals surface area contributed by atoms with E-state index < -0.39 is 16.8 Å². The van der Waals surface area contributed by atoms with Crippen molar-refractivity contribution in [2.45, 2.75) is 6.54 Å². The molecule has 0 aliphatic rings. The third-order valence-electron chi connectivity index (χ3n) is 3.91. The third kappa shape index (κ3) is 3.91. The maximum Gasteiger partial charge on any atom is 0.325 e. The van der Waals surface area contributed by atoms with Crippen LogP contribution in [0.15, 0.2) is 47.5 Å². The molecule has 0 fully saturated rings. The van der Waals surface area contributed by atoms with Crippen molar-refractivity contribution in [1.82, 2.24) is 4.57 Å². The van der Waals surface area contributed by atoms with Crippen molar-refractivity contribution < 1.29 is 24.0 Å². The number of rotatable bonds is 5. The fourth-order valence-electron chi connectivity index (χ4n) is 2.51. The van der Waals surface area contributed by atoms with Crippen LogP contribution < -0.4 is 9.54 Å². The van der Waals surface area contributed by atoms with Gasteiger partial charge in [0.05, 0.1) is 29.4 Å². The van der Waals surface area contributed by atoms with Gasteiger partial charge in [-0.05, 0) is 24.3 Å². The second-order valence-electron chi connectivity index (χ2n) is 5.60. The van der Waals surface area contributed by atoms with E-state index in [1.54, 1.807) is 30.3 Å². The van der Waals surface area contributed by atoms with Gasteiger partial charge < -0.3 is 14.0 Å². The van der Waals surface area contributed by atoms with Crippen molar-refractivity contribution in [3.8, 4) is 5.75 Å². The predicted octanol–water partition coefficient (Wildman–Crippen LogP) is 2.53. The maximum atomic E-state index is 12.6. The van der Waals surface area contributed by atoms with Gasteiger partial charge in [-0.2, -0.15) is 4.99 Å². The number of methoxy groups -OCH3 is 2. The van der Waals surface area contributed by atoms with E-state index in [9.17, 15) is 19.7 Å². The molecule has 0 unspecified atom stereocenters. The number of aromatic nitrogens is 1. The zero-order valence-corrected chi connectivity index (χ0v) is 15.8. The molecular weight excluding hydrogens is 386 g/mol. The Labute approximate surface area is 162 Å². The van der Waals surface area contributed by atoms with E-state index in [2.05, 4.69) is 4.99 Å². The number of esters is 1. The molecule has 144 valence electrons. The smallest absolute Gasteiger partial charge is 0.325 e. The number of ether oxygens (including phenoxy) is 2. The molecule has 0 saturated heterocycles. The molecule has 0 radical (unpaired) electrons. The highest BCUT2D eigenvalue weighted by atomic mass is 32.1. The summed E-state index contributed by atoms with van der Waals surface area (Å²) in [7, 11) is 2.72. The van der Waals surface area contributed by atoms with Gasteiger partial charge in [-0.15, -0.1) is 0 Å². The molecule has 1 aromatic heterocycles. The van der Waals surface area contributed by atoms with Gasteiger partial charge in [0.1, 0.15) is 12.3 Å². The largest absolute Gasteiger partial charge is 0.497 e. The van der Waals surface area contributed by atoms with Gasteiger partial charge >= 0.3 is 5.97 Å². The second-order valence-corrected chi connectivity index (χ2v) is 6.61. The number of thiazole rings is 1. The summed E-state index contributed by atoms with van der Waals surface area (Å²) in [5.74, 6) is -0.587. The fraction of sp³-hybridized carbons (Fsp3) is 0.167. The van der Waals surface area contributed by atoms with E-state index in [4.69, 9.17) is 9.47 Å². The van der Waals surface area contributed by atoms with Crippen LogP contribution in [0.4, 0.5) is 5.69 Å². The number of non-ortho nitro benzene ring substituents is 1. The van der Waals surface area contributed by atoms with Gasteiger partial charge in [0, 0.05) is 17.7 Å². The Morgan fingerprint density at radius 1 is 1.21 bits per heavy atom. The lowest BCUT2D eigenvalue weighted by Crippen LogP contribution is -2.22. The zero-order chi connectivity index (χ0) is 20.3. The first-order chi connectivity index (χ1) is 13.4. The molecule has 0 spiro atoms. The van der Waals surface area contributed by atoms with E-state index in [0.717, 1.165) is 11.3 Å². The molecule has 3 aromatic rings. The number of nitrogens with zero attached hydrogens (tertiary/aromatic N) is 3. The molecule has 1 heterocycles. The van der Waals surface area contributed by atoms with Gasteiger partial charge in [-0.25, -0.2) is 0 Å². The van der Waals surface area contributed by atoms with E-state index in [-0.39, 0.29) is 17.0 Å². The number of amides is 1. The van der Waals surface area contributed by atoms with Crippen molar-refractivity contribution in [3.63, 3.8) is 0 Å². The monoisotopic (exact) mass is 401 g/mol. The SMILES string of the molecule is COC(=O)Cn1c(=NC(=O)c2cccc(OC)c2)sc2ccc([N+](=O)[O-])cc21. The number of nitro groups is 1. The standard InChI is InChI=1S/C18H15N3O6S/c1-26-13-5-3-4-11(8-13)17(23)19-18-20(10-16(22)27-2)14-9-12(21(24)25)6-7-15(14)28-18/h3-9H,10H2,1-2H3. The zero-order valence-electron chi connectivity index (χ0n) is 14.9. The number of nitro benzene ring substituents is 1. The van der Waals surface area contributed by atoms with Gasteiger partial charge in [0.25, 0.3) is 11.6 Å². The van der Waals surface area contributed by atoms with Crippen LogP contribution in [-0.2, 0) is 16.1 Å². The van der Waals surface area contributed by atoms with Gasteiger partial charge in [-0.3, -0.25) is 19.7 Å². The summed E-state index contributed by atoms with van der Waals surface area (Å²) in [6.45, 7) is -0.234. The number of carbonyl (C=O) groups is 2. The summed E-state index contributed by atoms with van der Waals surface area (Å²) < 4.78 is 11.9.